The van der Waals surface area contributed by atoms with Crippen molar-refractivity contribution in [2.75, 3.05) is 19.6 Å². The number of urea groups is 1. The van der Waals surface area contributed by atoms with E-state index in [1.165, 1.54) is 0 Å². The molecule has 98 valence electrons. The molecular formula is C12H22N2O3. The number of hydrogen-bond acceptors (Lipinski definition) is 2. The molecule has 0 aromatic rings. The summed E-state index contributed by atoms with van der Waals surface area (Å²) in [5.74, 6) is -0.381. The van der Waals surface area contributed by atoms with Crippen molar-refractivity contribution in [1.29, 1.82) is 0 Å². The van der Waals surface area contributed by atoms with Crippen molar-refractivity contribution < 1.29 is 14.7 Å². The molecule has 1 heterocycles. The van der Waals surface area contributed by atoms with E-state index in [2.05, 4.69) is 26.1 Å². The summed E-state index contributed by atoms with van der Waals surface area (Å²) in [5, 5.41) is 10.9. The Morgan fingerprint density at radius 1 is 1.29 bits per heavy atom. The minimum absolute atomic E-state index is 0.264. The second-order valence-electron chi connectivity index (χ2n) is 5.68. The highest BCUT2D eigenvalue weighted by molar-refractivity contribution is 5.79. The van der Waals surface area contributed by atoms with E-state index in [-0.39, 0.29) is 18.0 Å². The Morgan fingerprint density at radius 2 is 1.82 bits per heavy atom. The van der Waals surface area contributed by atoms with Crippen molar-refractivity contribution in [3.63, 3.8) is 0 Å². The predicted molar refractivity (Wildman–Crippen MR) is 64.8 cm³/mol. The molecule has 1 rings (SSSR count). The van der Waals surface area contributed by atoms with Crippen molar-refractivity contribution in [3.05, 3.63) is 0 Å². The lowest BCUT2D eigenvalue weighted by molar-refractivity contribution is -0.135. The van der Waals surface area contributed by atoms with Gasteiger partial charge in [0.2, 0.25) is 0 Å². The highest BCUT2D eigenvalue weighted by Crippen LogP contribution is 2.34. The quantitative estimate of drug-likeness (QED) is 0.771. The number of piperidine rings is 1. The number of nitrogens with zero attached hydrogens (tertiary/aromatic N) is 1. The van der Waals surface area contributed by atoms with E-state index < -0.39 is 5.97 Å². The third-order valence-electron chi connectivity index (χ3n) is 3.40. The van der Waals surface area contributed by atoms with Crippen LogP contribution < -0.4 is 5.32 Å². The zero-order valence-electron chi connectivity index (χ0n) is 10.8. The SMILES string of the molecule is CC(C)(C)C1CCN(C(=O)NCC(=O)O)CC1. The van der Waals surface area contributed by atoms with Gasteiger partial charge < -0.3 is 15.3 Å². The molecule has 2 amide bonds. The van der Waals surface area contributed by atoms with Gasteiger partial charge in [-0.15, -0.1) is 0 Å². The number of carboxylic acids is 1. The Kier molecular flexibility index (Phi) is 4.37. The van der Waals surface area contributed by atoms with E-state index in [0.717, 1.165) is 12.8 Å². The highest BCUT2D eigenvalue weighted by atomic mass is 16.4. The van der Waals surface area contributed by atoms with Crippen molar-refractivity contribution in [3.8, 4) is 0 Å². The van der Waals surface area contributed by atoms with E-state index in [1.54, 1.807) is 4.90 Å². The van der Waals surface area contributed by atoms with E-state index in [4.69, 9.17) is 5.11 Å². The average molecular weight is 242 g/mol. The van der Waals surface area contributed by atoms with Gasteiger partial charge in [-0.3, -0.25) is 4.79 Å². The Labute approximate surface area is 102 Å². The number of carbonyl (C=O) groups excluding carboxylic acids is 1. The number of rotatable bonds is 2. The van der Waals surface area contributed by atoms with Gasteiger partial charge in [0.25, 0.3) is 0 Å². The first-order valence-electron chi connectivity index (χ1n) is 6.05. The number of hydrogen-bond donors (Lipinski definition) is 2. The average Bonchev–Trinajstić information content (AvgIpc) is 2.25. The van der Waals surface area contributed by atoms with Crippen LogP contribution in [0, 0.1) is 11.3 Å². The highest BCUT2D eigenvalue weighted by Gasteiger charge is 2.30. The lowest BCUT2D eigenvalue weighted by Gasteiger charge is -2.38. The smallest absolute Gasteiger partial charge is 0.323 e. The van der Waals surface area contributed by atoms with Crippen LogP contribution in [0.15, 0.2) is 0 Å². The van der Waals surface area contributed by atoms with Crippen LogP contribution >= 0.6 is 0 Å². The molecule has 0 atom stereocenters. The van der Waals surface area contributed by atoms with Crippen molar-refractivity contribution in [2.45, 2.75) is 33.6 Å². The van der Waals surface area contributed by atoms with Crippen molar-refractivity contribution >= 4 is 12.0 Å². The third kappa shape index (κ3) is 4.24. The maximum atomic E-state index is 11.6. The Balaban J connectivity index is 2.36. The fraction of sp³-hybridized carbons (Fsp3) is 0.833. The van der Waals surface area contributed by atoms with Crippen LogP contribution in [0.3, 0.4) is 0 Å². The molecule has 0 saturated carbocycles. The number of carbonyl (C=O) groups is 2. The molecule has 0 unspecified atom stereocenters. The molecule has 5 heteroatoms. The van der Waals surface area contributed by atoms with Crippen LogP contribution in [-0.4, -0.2) is 41.6 Å². The predicted octanol–water partition coefficient (Wildman–Crippen LogP) is 1.54. The summed E-state index contributed by atoms with van der Waals surface area (Å²) in [6, 6.07) is -0.264. The molecule has 17 heavy (non-hydrogen) atoms. The molecule has 0 aliphatic carbocycles. The van der Waals surface area contributed by atoms with E-state index >= 15 is 0 Å². The third-order valence-corrected chi connectivity index (χ3v) is 3.40. The minimum Gasteiger partial charge on any atom is -0.480 e. The number of nitrogens with one attached hydrogen (secondary N) is 1. The van der Waals surface area contributed by atoms with Gasteiger partial charge in [-0.1, -0.05) is 20.8 Å². The molecule has 1 aliphatic rings. The second kappa shape index (κ2) is 5.38. The molecule has 0 aromatic carbocycles. The monoisotopic (exact) mass is 242 g/mol. The summed E-state index contributed by atoms with van der Waals surface area (Å²) >= 11 is 0. The molecule has 1 fully saturated rings. The van der Waals surface area contributed by atoms with Gasteiger partial charge in [0.1, 0.15) is 6.54 Å². The van der Waals surface area contributed by atoms with Crippen LogP contribution in [0.4, 0.5) is 4.79 Å². The van der Waals surface area contributed by atoms with Gasteiger partial charge in [0.15, 0.2) is 0 Å². The minimum atomic E-state index is -1.01. The molecule has 1 aliphatic heterocycles. The molecule has 1 saturated heterocycles. The van der Waals surface area contributed by atoms with Gasteiger partial charge in [0.05, 0.1) is 0 Å². The van der Waals surface area contributed by atoms with Crippen LogP contribution in [0.1, 0.15) is 33.6 Å². The molecular weight excluding hydrogens is 220 g/mol. The van der Waals surface area contributed by atoms with Crippen LogP contribution in [-0.2, 0) is 4.79 Å². The zero-order valence-corrected chi connectivity index (χ0v) is 10.8. The number of likely N-dealkylation sites (tertiary alicyclic amines) is 1. The molecule has 0 radical (unpaired) electrons. The summed E-state index contributed by atoms with van der Waals surface area (Å²) < 4.78 is 0. The van der Waals surface area contributed by atoms with Gasteiger partial charge in [-0.25, -0.2) is 4.79 Å². The van der Waals surface area contributed by atoms with Gasteiger partial charge in [-0.2, -0.15) is 0 Å². The van der Waals surface area contributed by atoms with Gasteiger partial charge in [0, 0.05) is 13.1 Å². The van der Waals surface area contributed by atoms with Crippen LogP contribution in [0.5, 0.6) is 0 Å². The Hall–Kier alpha value is -1.26. The lowest BCUT2D eigenvalue weighted by atomic mass is 9.75. The molecule has 0 spiro atoms. The second-order valence-corrected chi connectivity index (χ2v) is 5.68. The first-order chi connectivity index (χ1) is 7.80. The van der Waals surface area contributed by atoms with Crippen LogP contribution in [0.2, 0.25) is 0 Å². The summed E-state index contributed by atoms with van der Waals surface area (Å²) in [4.78, 5) is 23.6. The first kappa shape index (κ1) is 13.8. The number of carboxylic acid groups (broad SMARTS) is 1. The Morgan fingerprint density at radius 3 is 2.24 bits per heavy atom. The standard InChI is InChI=1S/C12H22N2O3/c1-12(2,3)9-4-6-14(7-5-9)11(17)13-8-10(15)16/h9H,4-8H2,1-3H3,(H,13,17)(H,15,16). The maximum Gasteiger partial charge on any atom is 0.323 e. The fourth-order valence-corrected chi connectivity index (χ4v) is 2.21. The number of amides is 2. The molecule has 0 bridgehead atoms. The van der Waals surface area contributed by atoms with Crippen molar-refractivity contribution in [2.24, 2.45) is 11.3 Å². The van der Waals surface area contributed by atoms with Gasteiger partial charge >= 0.3 is 12.0 Å². The van der Waals surface area contributed by atoms with Crippen LogP contribution in [0.25, 0.3) is 0 Å². The molecule has 2 N–H and O–H groups in total. The van der Waals surface area contributed by atoms with Crippen molar-refractivity contribution in [1.82, 2.24) is 10.2 Å². The van der Waals surface area contributed by atoms with E-state index in [9.17, 15) is 9.59 Å². The lowest BCUT2D eigenvalue weighted by Crippen LogP contribution is -2.47. The largest absolute Gasteiger partial charge is 0.480 e. The summed E-state index contributed by atoms with van der Waals surface area (Å²) in [7, 11) is 0. The molecule has 5 nitrogen and oxygen atoms in total. The topological polar surface area (TPSA) is 69.6 Å². The van der Waals surface area contributed by atoms with E-state index in [0.29, 0.717) is 19.0 Å². The zero-order chi connectivity index (χ0) is 13.1. The van der Waals surface area contributed by atoms with Gasteiger partial charge in [-0.05, 0) is 24.2 Å². The fourth-order valence-electron chi connectivity index (χ4n) is 2.21. The normalized spacial score (nSPS) is 17.9. The Bertz CT molecular complexity index is 289. The summed E-state index contributed by atoms with van der Waals surface area (Å²) in [5.41, 5.74) is 0.281. The number of aliphatic carboxylic acids is 1. The summed E-state index contributed by atoms with van der Waals surface area (Å²) in [6.45, 7) is 7.78. The first-order valence-corrected chi connectivity index (χ1v) is 6.05. The molecule has 0 aromatic heterocycles. The van der Waals surface area contributed by atoms with E-state index in [1.807, 2.05) is 0 Å². The summed E-state index contributed by atoms with van der Waals surface area (Å²) in [6.07, 6.45) is 1.98. The maximum absolute atomic E-state index is 11.6.